The van der Waals surface area contributed by atoms with E-state index in [2.05, 4.69) is 0 Å². The fraction of sp³-hybridized carbons (Fsp3) is 0.567. The zero-order valence-corrected chi connectivity index (χ0v) is 25.7. The molecule has 0 aliphatic carbocycles. The van der Waals surface area contributed by atoms with E-state index in [9.17, 15) is 35.4 Å². The summed E-state index contributed by atoms with van der Waals surface area (Å²) in [4.78, 5) is 12.7. The Morgan fingerprint density at radius 2 is 1.41 bits per heavy atom. The molecule has 2 fully saturated rings. The molecule has 0 amide bonds. The first-order chi connectivity index (χ1) is 21.9. The fourth-order valence-corrected chi connectivity index (χ4v) is 5.82. The van der Waals surface area contributed by atoms with Gasteiger partial charge in [0.15, 0.2) is 6.04 Å². The maximum absolute atomic E-state index is 12.7. The fourth-order valence-electron chi connectivity index (χ4n) is 5.82. The van der Waals surface area contributed by atoms with E-state index < -0.39 is 66.9 Å². The SMILES string of the molecule is C[NH2+]C1[C@H](COC[C@@H]2C(COC(=O)c3cc(N)ccc3O)O[C@@H](O)C([NH2+]C)[C@@H]2O)OC(COCc2cc(N)ccc2O)[C@@H](O)[C@H]1O. The van der Waals surface area contributed by atoms with Gasteiger partial charge in [0.1, 0.15) is 66.3 Å². The summed E-state index contributed by atoms with van der Waals surface area (Å²) in [7, 11) is 3.39. The second-order valence-corrected chi connectivity index (χ2v) is 11.6. The number of aromatic hydroxyl groups is 2. The highest BCUT2D eigenvalue weighted by atomic mass is 16.6. The number of aliphatic hydroxyl groups excluding tert-OH is 4. The number of carbonyl (C=O) groups excluding carboxylic acids is 1. The summed E-state index contributed by atoms with van der Waals surface area (Å²) in [6, 6.07) is 7.18. The number of phenols is 2. The van der Waals surface area contributed by atoms with Crippen LogP contribution < -0.4 is 22.1 Å². The summed E-state index contributed by atoms with van der Waals surface area (Å²) in [5.74, 6) is -1.95. The number of phenolic OH excluding ortho intramolecular Hbond substituents is 2. The average Bonchev–Trinajstić information content (AvgIpc) is 3.02. The van der Waals surface area contributed by atoms with E-state index in [1.54, 1.807) is 36.9 Å². The van der Waals surface area contributed by atoms with Crippen LogP contribution in [0.25, 0.3) is 0 Å². The van der Waals surface area contributed by atoms with Crippen LogP contribution in [0.3, 0.4) is 0 Å². The summed E-state index contributed by atoms with van der Waals surface area (Å²) in [5, 5.41) is 66.6. The number of nitrogen functional groups attached to an aromatic ring is 2. The Morgan fingerprint density at radius 3 is 2.11 bits per heavy atom. The predicted octanol–water partition coefficient (Wildman–Crippen LogP) is -4.04. The molecule has 256 valence electrons. The van der Waals surface area contributed by atoms with Crippen LogP contribution in [0.2, 0.25) is 0 Å². The number of hydrogen-bond acceptors (Lipinski definition) is 14. The van der Waals surface area contributed by atoms with Crippen molar-refractivity contribution in [1.29, 1.82) is 0 Å². The van der Waals surface area contributed by atoms with Crippen molar-refractivity contribution in [1.82, 2.24) is 0 Å². The molecule has 4 unspecified atom stereocenters. The van der Waals surface area contributed by atoms with Gasteiger partial charge in [-0.2, -0.15) is 0 Å². The number of hydrogen-bond donors (Lipinski definition) is 10. The number of aliphatic hydroxyl groups is 4. The van der Waals surface area contributed by atoms with Crippen molar-refractivity contribution < 1.29 is 69.8 Å². The molecule has 2 aliphatic heterocycles. The molecule has 10 atom stereocenters. The van der Waals surface area contributed by atoms with Crippen molar-refractivity contribution in [2.45, 2.75) is 61.6 Å². The molecule has 2 aromatic rings. The van der Waals surface area contributed by atoms with Gasteiger partial charge in [-0.3, -0.25) is 0 Å². The van der Waals surface area contributed by atoms with Gasteiger partial charge in [-0.05, 0) is 36.4 Å². The zero-order valence-electron chi connectivity index (χ0n) is 25.7. The van der Waals surface area contributed by atoms with Crippen LogP contribution in [-0.2, 0) is 30.3 Å². The summed E-state index contributed by atoms with van der Waals surface area (Å²) < 4.78 is 28.8. The van der Waals surface area contributed by atoms with Crippen molar-refractivity contribution in [3.8, 4) is 11.5 Å². The van der Waals surface area contributed by atoms with Crippen LogP contribution in [-0.4, -0.2) is 132 Å². The molecule has 14 N–H and O–H groups in total. The van der Waals surface area contributed by atoms with Crippen LogP contribution in [0.4, 0.5) is 11.4 Å². The lowest BCUT2D eigenvalue weighted by molar-refractivity contribution is -0.694. The average molecular weight is 655 g/mol. The highest BCUT2D eigenvalue weighted by Gasteiger charge is 2.49. The molecule has 2 saturated heterocycles. The molecular weight excluding hydrogens is 608 g/mol. The highest BCUT2D eigenvalue weighted by Crippen LogP contribution is 2.28. The number of anilines is 2. The monoisotopic (exact) mass is 654 g/mol. The first kappa shape index (κ1) is 35.6. The molecule has 16 heteroatoms. The molecule has 0 spiro atoms. The predicted molar refractivity (Wildman–Crippen MR) is 160 cm³/mol. The molecule has 0 radical (unpaired) electrons. The number of benzene rings is 2. The van der Waals surface area contributed by atoms with E-state index in [4.69, 9.17) is 35.2 Å². The third kappa shape index (κ3) is 8.34. The van der Waals surface area contributed by atoms with Gasteiger partial charge in [-0.25, -0.2) is 4.79 Å². The van der Waals surface area contributed by atoms with E-state index in [-0.39, 0.29) is 55.8 Å². The van der Waals surface area contributed by atoms with E-state index in [1.165, 1.54) is 24.3 Å². The normalized spacial score (nSPS) is 31.4. The van der Waals surface area contributed by atoms with Crippen LogP contribution in [0.1, 0.15) is 15.9 Å². The number of ether oxygens (including phenoxy) is 5. The Kier molecular flexibility index (Phi) is 12.4. The van der Waals surface area contributed by atoms with Crippen molar-refractivity contribution in [2.24, 2.45) is 5.92 Å². The lowest BCUT2D eigenvalue weighted by Gasteiger charge is -2.42. The Labute approximate surface area is 265 Å². The summed E-state index contributed by atoms with van der Waals surface area (Å²) >= 11 is 0. The number of likely N-dealkylation sites (N-methyl/N-ethyl adjacent to an activating group) is 2. The minimum atomic E-state index is -1.37. The number of carbonyl (C=O) groups is 1. The first-order valence-corrected chi connectivity index (χ1v) is 15.1. The van der Waals surface area contributed by atoms with E-state index in [0.29, 0.717) is 11.3 Å². The van der Waals surface area contributed by atoms with Crippen molar-refractivity contribution in [2.75, 3.05) is 52.0 Å². The Morgan fingerprint density at radius 1 is 0.761 bits per heavy atom. The van der Waals surface area contributed by atoms with Crippen molar-refractivity contribution >= 4 is 17.3 Å². The second-order valence-electron chi connectivity index (χ2n) is 11.6. The van der Waals surface area contributed by atoms with Gasteiger partial charge in [0, 0.05) is 22.9 Å². The minimum Gasteiger partial charge on any atom is -0.508 e. The topological polar surface area (TPSA) is 270 Å². The standard InChI is InChI=1S/C30H44N4O12/c1-33-24-22(45-23(27(38)28(24)39)12-42-9-14-7-15(31)3-5-19(14)35)11-43-10-18-21(46-30(41)25(34-2)26(18)37)13-44-29(40)17-8-16(32)4-6-20(17)36/h3-8,18,21-28,30,33-39,41H,9-13,31-32H2,1-2H3/p+2/t18-,21?,22+,23?,24?,25?,26-,27-,28+,30-/m1/s1. The smallest absolute Gasteiger partial charge is 0.342 e. The molecular formula is C30H46N4O12+2. The van der Waals surface area contributed by atoms with Crippen molar-refractivity contribution in [3.63, 3.8) is 0 Å². The Hall–Kier alpha value is -3.29. The maximum atomic E-state index is 12.7. The van der Waals surface area contributed by atoms with Crippen LogP contribution in [0, 0.1) is 5.92 Å². The maximum Gasteiger partial charge on any atom is 0.342 e. The molecule has 2 aliphatic rings. The highest BCUT2D eigenvalue weighted by molar-refractivity contribution is 5.93. The molecule has 16 nitrogen and oxygen atoms in total. The van der Waals surface area contributed by atoms with Gasteiger partial charge in [0.25, 0.3) is 0 Å². The van der Waals surface area contributed by atoms with Crippen LogP contribution in [0.5, 0.6) is 11.5 Å². The largest absolute Gasteiger partial charge is 0.508 e. The Bertz CT molecular complexity index is 1300. The summed E-state index contributed by atoms with van der Waals surface area (Å²) in [6.45, 7) is -0.634. The lowest BCUT2D eigenvalue weighted by Crippen LogP contribution is -2.94. The summed E-state index contributed by atoms with van der Waals surface area (Å²) in [5.41, 5.74) is 12.5. The molecule has 46 heavy (non-hydrogen) atoms. The van der Waals surface area contributed by atoms with E-state index >= 15 is 0 Å². The molecule has 0 saturated carbocycles. The molecule has 4 rings (SSSR count). The lowest BCUT2D eigenvalue weighted by atomic mass is 9.88. The molecule has 0 bridgehead atoms. The number of quaternary nitrogens is 2. The third-order valence-electron chi connectivity index (χ3n) is 8.48. The molecule has 2 heterocycles. The third-order valence-corrected chi connectivity index (χ3v) is 8.48. The van der Waals surface area contributed by atoms with Crippen LogP contribution >= 0.6 is 0 Å². The van der Waals surface area contributed by atoms with Gasteiger partial charge in [-0.15, -0.1) is 0 Å². The molecule has 2 aromatic carbocycles. The number of nitrogens with two attached hydrogens (primary N) is 4. The van der Waals surface area contributed by atoms with Crippen molar-refractivity contribution in [3.05, 3.63) is 47.5 Å². The van der Waals surface area contributed by atoms with Gasteiger partial charge in [0.05, 0.1) is 40.5 Å². The second kappa shape index (κ2) is 16.0. The zero-order chi connectivity index (χ0) is 33.5. The number of rotatable bonds is 13. The van der Waals surface area contributed by atoms with Gasteiger partial charge >= 0.3 is 5.97 Å². The minimum absolute atomic E-state index is 0.00564. The number of esters is 1. The van der Waals surface area contributed by atoms with Gasteiger partial charge < -0.3 is 76.4 Å². The van der Waals surface area contributed by atoms with Gasteiger partial charge in [-0.1, -0.05) is 0 Å². The van der Waals surface area contributed by atoms with E-state index in [1.807, 2.05) is 0 Å². The van der Waals surface area contributed by atoms with Gasteiger partial charge in [0.2, 0.25) is 6.29 Å². The molecule has 0 aromatic heterocycles. The van der Waals surface area contributed by atoms with Crippen LogP contribution in [0.15, 0.2) is 36.4 Å². The summed E-state index contributed by atoms with van der Waals surface area (Å²) in [6.07, 6.45) is -7.55. The Balaban J connectivity index is 1.38. The quantitative estimate of drug-likeness (QED) is 0.0560. The van der Waals surface area contributed by atoms with E-state index in [0.717, 1.165) is 0 Å². The first-order valence-electron chi connectivity index (χ1n) is 15.1.